The molecule has 1 aromatic heterocycles. The van der Waals surface area contributed by atoms with Crippen molar-refractivity contribution in [3.63, 3.8) is 0 Å². The SMILES string of the molecule is Cc1cnc(CSc2ccccc2)cc1N1CCCCC1. The van der Waals surface area contributed by atoms with E-state index in [-0.39, 0.29) is 0 Å². The van der Waals surface area contributed by atoms with Crippen LogP contribution >= 0.6 is 11.8 Å². The fourth-order valence-corrected chi connectivity index (χ4v) is 3.61. The number of piperidine rings is 1. The van der Waals surface area contributed by atoms with Crippen LogP contribution in [0.15, 0.2) is 47.5 Å². The number of aryl methyl sites for hydroxylation is 1. The molecule has 1 aromatic carbocycles. The minimum atomic E-state index is 0.936. The van der Waals surface area contributed by atoms with Crippen molar-refractivity contribution in [2.75, 3.05) is 18.0 Å². The molecule has 0 N–H and O–H groups in total. The lowest BCUT2D eigenvalue weighted by molar-refractivity contribution is 0.576. The molecule has 2 heterocycles. The van der Waals surface area contributed by atoms with E-state index in [0.717, 1.165) is 5.75 Å². The van der Waals surface area contributed by atoms with Gasteiger partial charge in [0.1, 0.15) is 0 Å². The van der Waals surface area contributed by atoms with E-state index in [9.17, 15) is 0 Å². The van der Waals surface area contributed by atoms with Gasteiger partial charge in [-0.3, -0.25) is 4.98 Å². The van der Waals surface area contributed by atoms with Gasteiger partial charge in [0.15, 0.2) is 0 Å². The molecule has 0 aliphatic carbocycles. The van der Waals surface area contributed by atoms with Gasteiger partial charge < -0.3 is 4.90 Å². The third-order valence-corrected chi connectivity index (χ3v) is 5.00. The second-order valence-corrected chi connectivity index (χ2v) is 6.66. The molecule has 0 unspecified atom stereocenters. The Bertz CT molecular complexity index is 577. The summed E-state index contributed by atoms with van der Waals surface area (Å²) in [7, 11) is 0. The van der Waals surface area contributed by atoms with Gasteiger partial charge in [-0.1, -0.05) is 18.2 Å². The van der Waals surface area contributed by atoms with Crippen LogP contribution in [0, 0.1) is 6.92 Å². The van der Waals surface area contributed by atoms with Crippen LogP contribution in [0.25, 0.3) is 0 Å². The first kappa shape index (κ1) is 14.5. The molecular weight excluding hydrogens is 276 g/mol. The van der Waals surface area contributed by atoms with E-state index in [4.69, 9.17) is 0 Å². The van der Waals surface area contributed by atoms with Gasteiger partial charge >= 0.3 is 0 Å². The third kappa shape index (κ3) is 3.79. The van der Waals surface area contributed by atoms with Crippen molar-refractivity contribution in [2.24, 2.45) is 0 Å². The van der Waals surface area contributed by atoms with Gasteiger partial charge in [-0.15, -0.1) is 11.8 Å². The second kappa shape index (κ2) is 6.99. The Hall–Kier alpha value is -1.48. The third-order valence-electron chi connectivity index (χ3n) is 3.96. The fourth-order valence-electron chi connectivity index (χ4n) is 2.78. The largest absolute Gasteiger partial charge is 0.371 e. The first-order valence-electron chi connectivity index (χ1n) is 7.71. The average molecular weight is 298 g/mol. The lowest BCUT2D eigenvalue weighted by Crippen LogP contribution is -2.30. The molecule has 0 spiro atoms. The Balaban J connectivity index is 1.71. The number of pyridine rings is 1. The monoisotopic (exact) mass is 298 g/mol. The Morgan fingerprint density at radius 1 is 1.10 bits per heavy atom. The number of rotatable bonds is 4. The number of benzene rings is 1. The lowest BCUT2D eigenvalue weighted by atomic mass is 10.1. The number of aromatic nitrogens is 1. The molecule has 0 amide bonds. The standard InChI is InChI=1S/C18H22N2S/c1-15-13-19-16(14-21-17-8-4-2-5-9-17)12-18(15)20-10-6-3-7-11-20/h2,4-5,8-9,12-13H,3,6-7,10-11,14H2,1H3. The van der Waals surface area contributed by atoms with Gasteiger partial charge in [-0.2, -0.15) is 0 Å². The predicted molar refractivity (Wildman–Crippen MR) is 91.0 cm³/mol. The summed E-state index contributed by atoms with van der Waals surface area (Å²) in [5.74, 6) is 0.936. The molecule has 110 valence electrons. The van der Waals surface area contributed by atoms with Gasteiger partial charge in [0.25, 0.3) is 0 Å². The summed E-state index contributed by atoms with van der Waals surface area (Å²) >= 11 is 1.85. The minimum absolute atomic E-state index is 0.936. The minimum Gasteiger partial charge on any atom is -0.371 e. The van der Waals surface area contributed by atoms with Crippen LogP contribution in [0.2, 0.25) is 0 Å². The van der Waals surface area contributed by atoms with Crippen molar-refractivity contribution in [2.45, 2.75) is 36.8 Å². The number of nitrogens with zero attached hydrogens (tertiary/aromatic N) is 2. The van der Waals surface area contributed by atoms with Crippen LogP contribution in [-0.4, -0.2) is 18.1 Å². The highest BCUT2D eigenvalue weighted by Gasteiger charge is 2.14. The van der Waals surface area contributed by atoms with Crippen molar-refractivity contribution >= 4 is 17.4 Å². The average Bonchev–Trinajstić information content (AvgIpc) is 2.56. The molecule has 1 aliphatic rings. The summed E-state index contributed by atoms with van der Waals surface area (Å²) in [6, 6.07) is 12.8. The van der Waals surface area contributed by atoms with E-state index in [1.165, 1.54) is 54.2 Å². The van der Waals surface area contributed by atoms with Crippen LogP contribution in [0.1, 0.15) is 30.5 Å². The molecule has 21 heavy (non-hydrogen) atoms. The molecular formula is C18H22N2S. The van der Waals surface area contributed by atoms with E-state index in [0.29, 0.717) is 0 Å². The molecule has 3 heteroatoms. The van der Waals surface area contributed by atoms with Crippen molar-refractivity contribution < 1.29 is 0 Å². The van der Waals surface area contributed by atoms with Gasteiger partial charge in [-0.25, -0.2) is 0 Å². The first-order valence-corrected chi connectivity index (χ1v) is 8.70. The molecule has 0 atom stereocenters. The topological polar surface area (TPSA) is 16.1 Å². The molecule has 0 radical (unpaired) electrons. The molecule has 1 saturated heterocycles. The summed E-state index contributed by atoms with van der Waals surface area (Å²) in [4.78, 5) is 8.43. The fraction of sp³-hybridized carbons (Fsp3) is 0.389. The molecule has 2 nitrogen and oxygen atoms in total. The summed E-state index contributed by atoms with van der Waals surface area (Å²) in [6.07, 6.45) is 6.04. The Morgan fingerprint density at radius 2 is 1.86 bits per heavy atom. The van der Waals surface area contributed by atoms with Crippen LogP contribution in [-0.2, 0) is 5.75 Å². The Morgan fingerprint density at radius 3 is 2.62 bits per heavy atom. The second-order valence-electron chi connectivity index (χ2n) is 5.61. The zero-order chi connectivity index (χ0) is 14.5. The van der Waals surface area contributed by atoms with E-state index in [1.807, 2.05) is 18.0 Å². The predicted octanol–water partition coefficient (Wildman–Crippen LogP) is 4.67. The molecule has 0 bridgehead atoms. The van der Waals surface area contributed by atoms with E-state index in [1.54, 1.807) is 0 Å². The first-order chi connectivity index (χ1) is 10.3. The van der Waals surface area contributed by atoms with Crippen molar-refractivity contribution in [1.29, 1.82) is 0 Å². The van der Waals surface area contributed by atoms with Crippen molar-refractivity contribution in [3.8, 4) is 0 Å². The maximum absolute atomic E-state index is 4.60. The van der Waals surface area contributed by atoms with Crippen molar-refractivity contribution in [1.82, 2.24) is 4.98 Å². The van der Waals surface area contributed by atoms with Crippen LogP contribution in [0.5, 0.6) is 0 Å². The van der Waals surface area contributed by atoms with E-state index >= 15 is 0 Å². The van der Waals surface area contributed by atoms with Crippen LogP contribution in [0.3, 0.4) is 0 Å². The van der Waals surface area contributed by atoms with E-state index < -0.39 is 0 Å². The molecule has 3 rings (SSSR count). The van der Waals surface area contributed by atoms with Crippen molar-refractivity contribution in [3.05, 3.63) is 53.9 Å². The highest BCUT2D eigenvalue weighted by Crippen LogP contribution is 2.27. The highest BCUT2D eigenvalue weighted by molar-refractivity contribution is 7.98. The smallest absolute Gasteiger partial charge is 0.0527 e. The zero-order valence-electron chi connectivity index (χ0n) is 12.6. The van der Waals surface area contributed by atoms with Crippen LogP contribution in [0.4, 0.5) is 5.69 Å². The molecule has 0 saturated carbocycles. The van der Waals surface area contributed by atoms with Gasteiger partial charge in [0, 0.05) is 35.6 Å². The van der Waals surface area contributed by atoms with Gasteiger partial charge in [0.2, 0.25) is 0 Å². The maximum Gasteiger partial charge on any atom is 0.0527 e. The quantitative estimate of drug-likeness (QED) is 0.763. The summed E-state index contributed by atoms with van der Waals surface area (Å²) < 4.78 is 0. The number of hydrogen-bond acceptors (Lipinski definition) is 3. The summed E-state index contributed by atoms with van der Waals surface area (Å²) in [5, 5.41) is 0. The van der Waals surface area contributed by atoms with Crippen LogP contribution < -0.4 is 4.90 Å². The number of anilines is 1. The Kier molecular flexibility index (Phi) is 4.81. The molecule has 2 aromatic rings. The van der Waals surface area contributed by atoms with Gasteiger partial charge in [-0.05, 0) is 49.9 Å². The highest BCUT2D eigenvalue weighted by atomic mass is 32.2. The number of thioether (sulfide) groups is 1. The normalized spacial score (nSPS) is 15.2. The maximum atomic E-state index is 4.60. The number of hydrogen-bond donors (Lipinski definition) is 0. The van der Waals surface area contributed by atoms with Gasteiger partial charge in [0.05, 0.1) is 5.69 Å². The zero-order valence-corrected chi connectivity index (χ0v) is 13.4. The Labute approximate surface area is 131 Å². The molecule has 1 aliphatic heterocycles. The summed E-state index contributed by atoms with van der Waals surface area (Å²) in [5.41, 5.74) is 3.86. The summed E-state index contributed by atoms with van der Waals surface area (Å²) in [6.45, 7) is 4.55. The molecule has 1 fully saturated rings. The van der Waals surface area contributed by atoms with E-state index in [2.05, 4.69) is 53.2 Å². The lowest BCUT2D eigenvalue weighted by Gasteiger charge is -2.30.